The van der Waals surface area contributed by atoms with Crippen LogP contribution < -0.4 is 10.8 Å². The van der Waals surface area contributed by atoms with Crippen LogP contribution in [0.15, 0.2) is 35.1 Å². The minimum Gasteiger partial charge on any atom is -0.459 e. The Kier molecular flexibility index (Phi) is 8.80. The molecule has 158 valence electrons. The Labute approximate surface area is 174 Å². The highest BCUT2D eigenvalue weighted by Crippen LogP contribution is 2.30. The zero-order chi connectivity index (χ0) is 21.4. The van der Waals surface area contributed by atoms with Gasteiger partial charge < -0.3 is 20.5 Å². The molecule has 9 nitrogen and oxygen atoms in total. The van der Waals surface area contributed by atoms with Crippen molar-refractivity contribution in [1.82, 2.24) is 14.9 Å². The first kappa shape index (κ1) is 23.0. The Morgan fingerprint density at radius 2 is 1.97 bits per heavy atom. The molecule has 0 radical (unpaired) electrons. The van der Waals surface area contributed by atoms with Gasteiger partial charge in [0.05, 0.1) is 5.92 Å². The zero-order valence-electron chi connectivity index (χ0n) is 16.3. The summed E-state index contributed by atoms with van der Waals surface area (Å²) >= 11 is 0. The van der Waals surface area contributed by atoms with Gasteiger partial charge in [-0.25, -0.2) is 19.3 Å². The van der Waals surface area contributed by atoms with Gasteiger partial charge >= 0.3 is 12.0 Å². The lowest BCUT2D eigenvalue weighted by molar-refractivity contribution is -0.170. The van der Waals surface area contributed by atoms with Crippen molar-refractivity contribution in [1.29, 1.82) is 0 Å². The standard InChI is InChI=1S/C14H16N2O4.C4H11N3P2/c1-2-10-11(16(12(10)17)14(15)19)13(18)20-8-9-6-4-3-5-7-9;8-5-4(6-9)7-2-1-3-7/h3-7,10-11H,2,8H2,1H3,(H2,15,19);1-3,8-9H2,(H,5,6). The smallest absolute Gasteiger partial charge is 0.330 e. The number of likely N-dealkylation sites (tertiary alicyclic amines) is 2. The molecule has 2 fully saturated rings. The molecular weight excluding hydrogens is 412 g/mol. The summed E-state index contributed by atoms with van der Waals surface area (Å²) in [5, 5.41) is 2.93. The summed E-state index contributed by atoms with van der Waals surface area (Å²) in [6.45, 7) is 4.15. The van der Waals surface area contributed by atoms with Crippen LogP contribution in [0.4, 0.5) is 4.79 Å². The summed E-state index contributed by atoms with van der Waals surface area (Å²) in [5.74, 6) is -0.595. The molecule has 29 heavy (non-hydrogen) atoms. The molecular formula is C18H27N5O4P2. The molecule has 4 atom stereocenters. The molecule has 2 heterocycles. The number of hydrogen-bond donors (Lipinski definition) is 2. The molecule has 0 saturated carbocycles. The second kappa shape index (κ2) is 11.1. The van der Waals surface area contributed by atoms with Crippen LogP contribution in [0.1, 0.15) is 25.3 Å². The third-order valence-corrected chi connectivity index (χ3v) is 5.27. The first-order valence-corrected chi connectivity index (χ1v) is 10.4. The van der Waals surface area contributed by atoms with Gasteiger partial charge in [-0.2, -0.15) is 0 Å². The molecule has 2 saturated heterocycles. The zero-order valence-corrected chi connectivity index (χ0v) is 18.6. The fourth-order valence-corrected chi connectivity index (χ4v) is 3.66. The Balaban J connectivity index is 0.000000278. The molecule has 4 unspecified atom stereocenters. The number of urea groups is 1. The number of carbonyl (C=O) groups is 3. The van der Waals surface area contributed by atoms with Crippen molar-refractivity contribution in [2.75, 3.05) is 13.1 Å². The highest BCUT2D eigenvalue weighted by molar-refractivity contribution is 7.17. The molecule has 2 aliphatic rings. The van der Waals surface area contributed by atoms with Crippen LogP contribution in [0, 0.1) is 5.92 Å². The molecule has 0 aromatic heterocycles. The predicted octanol–water partition coefficient (Wildman–Crippen LogP) is 1.26. The lowest BCUT2D eigenvalue weighted by Gasteiger charge is -2.42. The van der Waals surface area contributed by atoms with Crippen molar-refractivity contribution in [3.8, 4) is 0 Å². The number of rotatable bonds is 4. The highest BCUT2D eigenvalue weighted by Gasteiger charge is 2.53. The predicted molar refractivity (Wildman–Crippen MR) is 116 cm³/mol. The molecule has 0 bridgehead atoms. The number of nitrogens with one attached hydrogen (secondary N) is 1. The molecule has 1 aromatic carbocycles. The SMILES string of the molecule is CCC1C(=O)N(C(N)=O)C1C(=O)OCc1ccccc1.PN=C(NP)N1CCC1. The number of hydrogen-bond acceptors (Lipinski definition) is 5. The van der Waals surface area contributed by atoms with E-state index in [0.29, 0.717) is 6.42 Å². The van der Waals surface area contributed by atoms with E-state index >= 15 is 0 Å². The van der Waals surface area contributed by atoms with Gasteiger partial charge in [0.15, 0.2) is 12.0 Å². The number of esters is 1. The Bertz CT molecular complexity index is 758. The number of imide groups is 1. The number of carbonyl (C=O) groups excluding carboxylic acids is 3. The third kappa shape index (κ3) is 5.64. The van der Waals surface area contributed by atoms with Gasteiger partial charge in [0.2, 0.25) is 5.91 Å². The molecule has 0 spiro atoms. The Morgan fingerprint density at radius 1 is 1.31 bits per heavy atom. The first-order chi connectivity index (χ1) is 13.9. The van der Waals surface area contributed by atoms with Crippen molar-refractivity contribution in [3.05, 3.63) is 35.9 Å². The van der Waals surface area contributed by atoms with E-state index in [1.54, 1.807) is 6.92 Å². The minimum absolute atomic E-state index is 0.105. The molecule has 1 aromatic rings. The van der Waals surface area contributed by atoms with E-state index in [2.05, 4.69) is 33.5 Å². The normalized spacial score (nSPS) is 20.7. The van der Waals surface area contributed by atoms with Crippen LogP contribution in [0.5, 0.6) is 0 Å². The van der Waals surface area contributed by atoms with Crippen LogP contribution in [0.2, 0.25) is 0 Å². The largest absolute Gasteiger partial charge is 0.459 e. The van der Waals surface area contributed by atoms with Gasteiger partial charge in [0.25, 0.3) is 0 Å². The lowest BCUT2D eigenvalue weighted by Crippen LogP contribution is -2.67. The van der Waals surface area contributed by atoms with E-state index in [-0.39, 0.29) is 6.61 Å². The number of nitrogens with two attached hydrogens (primary N) is 1. The number of β-lactam (4-membered cyclic amide) rings is 1. The number of primary amides is 1. The van der Waals surface area contributed by atoms with Crippen LogP contribution in [-0.4, -0.2) is 52.8 Å². The van der Waals surface area contributed by atoms with Crippen LogP contribution >= 0.6 is 18.8 Å². The molecule has 2 aliphatic heterocycles. The van der Waals surface area contributed by atoms with Crippen molar-refractivity contribution in [2.24, 2.45) is 16.4 Å². The highest BCUT2D eigenvalue weighted by atomic mass is 31.0. The third-order valence-electron chi connectivity index (χ3n) is 4.76. The van der Waals surface area contributed by atoms with Crippen molar-refractivity contribution in [3.63, 3.8) is 0 Å². The van der Waals surface area contributed by atoms with Gasteiger partial charge in [0.1, 0.15) is 6.61 Å². The van der Waals surface area contributed by atoms with Gasteiger partial charge in [-0.05, 0) is 37.2 Å². The van der Waals surface area contributed by atoms with Crippen LogP contribution in [0.3, 0.4) is 0 Å². The number of amides is 3. The van der Waals surface area contributed by atoms with E-state index < -0.39 is 29.9 Å². The molecule has 3 amide bonds. The van der Waals surface area contributed by atoms with Crippen molar-refractivity contribution in [2.45, 2.75) is 32.4 Å². The second-order valence-corrected chi connectivity index (χ2v) is 7.08. The fourth-order valence-electron chi connectivity index (χ4n) is 3.01. The average Bonchev–Trinajstić information content (AvgIpc) is 2.68. The second-order valence-electron chi connectivity index (χ2n) is 6.54. The minimum atomic E-state index is -0.915. The monoisotopic (exact) mass is 439 g/mol. The quantitative estimate of drug-likeness (QED) is 0.240. The maximum atomic E-state index is 12.0. The molecule has 3 N–H and O–H groups in total. The maximum Gasteiger partial charge on any atom is 0.330 e. The van der Waals surface area contributed by atoms with Crippen molar-refractivity contribution < 1.29 is 19.1 Å². The maximum absolute atomic E-state index is 12.0. The first-order valence-electron chi connectivity index (χ1n) is 9.27. The molecule has 0 aliphatic carbocycles. The average molecular weight is 439 g/mol. The topological polar surface area (TPSA) is 117 Å². The van der Waals surface area contributed by atoms with Gasteiger partial charge in [-0.1, -0.05) is 37.3 Å². The summed E-state index contributed by atoms with van der Waals surface area (Å²) < 4.78 is 9.11. The summed E-state index contributed by atoms with van der Waals surface area (Å²) in [5.41, 5.74) is 5.94. The van der Waals surface area contributed by atoms with Crippen molar-refractivity contribution >= 4 is 42.6 Å². The van der Waals surface area contributed by atoms with E-state index in [1.165, 1.54) is 6.42 Å². The van der Waals surface area contributed by atoms with Crippen LogP contribution in [0.25, 0.3) is 0 Å². The van der Waals surface area contributed by atoms with Gasteiger partial charge in [0, 0.05) is 13.1 Å². The number of guanidine groups is 1. The Hall–Kier alpha value is -2.24. The van der Waals surface area contributed by atoms with Crippen LogP contribution in [-0.2, 0) is 20.9 Å². The summed E-state index contributed by atoms with van der Waals surface area (Å²) in [6, 6.07) is 7.36. The summed E-state index contributed by atoms with van der Waals surface area (Å²) in [4.78, 5) is 37.8. The van der Waals surface area contributed by atoms with E-state index in [4.69, 9.17) is 10.5 Å². The number of ether oxygens (including phenoxy) is 1. The number of nitrogens with zero attached hydrogens (tertiary/aromatic N) is 3. The molecule has 11 heteroatoms. The van der Waals surface area contributed by atoms with E-state index in [9.17, 15) is 14.4 Å². The van der Waals surface area contributed by atoms with E-state index in [1.807, 2.05) is 30.3 Å². The lowest BCUT2D eigenvalue weighted by atomic mass is 9.85. The van der Waals surface area contributed by atoms with Gasteiger partial charge in [-0.15, -0.1) is 0 Å². The summed E-state index contributed by atoms with van der Waals surface area (Å²) in [6.07, 6.45) is 1.75. The fraction of sp³-hybridized carbons (Fsp3) is 0.444. The van der Waals surface area contributed by atoms with E-state index in [0.717, 1.165) is 29.5 Å². The van der Waals surface area contributed by atoms with Gasteiger partial charge in [-0.3, -0.25) is 4.79 Å². The number of benzene rings is 1. The summed E-state index contributed by atoms with van der Waals surface area (Å²) in [7, 11) is 4.78. The molecule has 3 rings (SSSR count). The Morgan fingerprint density at radius 3 is 2.38 bits per heavy atom.